The van der Waals surface area contributed by atoms with Crippen LogP contribution in [0, 0.1) is 11.3 Å². The Labute approximate surface area is 217 Å². The minimum atomic E-state index is -0.937. The van der Waals surface area contributed by atoms with Gasteiger partial charge in [-0.2, -0.15) is 5.26 Å². The normalized spacial score (nSPS) is 15.2. The van der Waals surface area contributed by atoms with Crippen LogP contribution in [0.15, 0.2) is 89.4 Å². The van der Waals surface area contributed by atoms with Crippen LogP contribution in [0.25, 0.3) is 0 Å². The van der Waals surface area contributed by atoms with Crippen molar-refractivity contribution in [1.82, 2.24) is 10.2 Å². The van der Waals surface area contributed by atoms with Gasteiger partial charge in [-0.15, -0.1) is 10.2 Å². The Kier molecular flexibility index (Phi) is 7.36. The Balaban J connectivity index is 1.86. The van der Waals surface area contributed by atoms with Gasteiger partial charge >= 0.3 is 11.9 Å². The Morgan fingerprint density at radius 2 is 1.68 bits per heavy atom. The number of allylic oxidation sites excluding steroid dienone is 1. The first-order valence-electron chi connectivity index (χ1n) is 10.9. The van der Waals surface area contributed by atoms with E-state index in [0.29, 0.717) is 22.8 Å². The molecule has 4 rings (SSSR count). The van der Waals surface area contributed by atoms with Gasteiger partial charge in [0.1, 0.15) is 11.5 Å². The summed E-state index contributed by atoms with van der Waals surface area (Å²) in [7, 11) is 2.39. The summed E-state index contributed by atoms with van der Waals surface area (Å²) < 4.78 is 10.1. The molecule has 1 atom stereocenters. The number of nitrogens with two attached hydrogens (primary N) is 1. The molecule has 0 saturated heterocycles. The molecular formula is C26H21ClN6O4. The van der Waals surface area contributed by atoms with Gasteiger partial charge in [0.25, 0.3) is 0 Å². The van der Waals surface area contributed by atoms with E-state index in [-0.39, 0.29) is 27.8 Å². The molecule has 1 unspecified atom stereocenters. The molecule has 1 aromatic heterocycles. The van der Waals surface area contributed by atoms with Gasteiger partial charge in [-0.3, -0.25) is 4.90 Å². The zero-order valence-electron chi connectivity index (χ0n) is 19.8. The summed E-state index contributed by atoms with van der Waals surface area (Å²) in [5.74, 6) is -2.10. The van der Waals surface area contributed by atoms with Crippen molar-refractivity contribution in [2.24, 2.45) is 5.73 Å². The van der Waals surface area contributed by atoms with Gasteiger partial charge in [0.15, 0.2) is 11.0 Å². The van der Waals surface area contributed by atoms with Gasteiger partial charge in [-0.25, -0.2) is 9.59 Å². The summed E-state index contributed by atoms with van der Waals surface area (Å²) in [6, 6.07) is 20.9. The van der Waals surface area contributed by atoms with Gasteiger partial charge in [0, 0.05) is 11.4 Å². The fourth-order valence-corrected chi connectivity index (χ4v) is 4.11. The third-order valence-electron chi connectivity index (χ3n) is 5.64. The smallest absolute Gasteiger partial charge is 0.355 e. The molecule has 186 valence electrons. The summed E-state index contributed by atoms with van der Waals surface area (Å²) in [5, 5.41) is 21.2. The van der Waals surface area contributed by atoms with Crippen LogP contribution in [0.3, 0.4) is 0 Å². The number of carbonyl (C=O) groups is 2. The number of nitriles is 1. The molecule has 3 aromatic rings. The van der Waals surface area contributed by atoms with Crippen molar-refractivity contribution in [2.75, 3.05) is 24.4 Å². The van der Waals surface area contributed by atoms with E-state index in [4.69, 9.17) is 26.8 Å². The molecule has 1 aliphatic rings. The number of ether oxygens (including phenoxy) is 2. The first-order valence-corrected chi connectivity index (χ1v) is 11.3. The third kappa shape index (κ3) is 4.94. The van der Waals surface area contributed by atoms with Crippen LogP contribution < -0.4 is 16.0 Å². The molecule has 0 saturated carbocycles. The van der Waals surface area contributed by atoms with Crippen LogP contribution in [-0.2, 0) is 19.1 Å². The SMILES string of the molecule is COC(=O)C1=C(C(=O)OC)N(c2ccc(Nc3ccc(Cl)nn3)cc2)C(N)=C(C#N)C1c1ccccc1. The topological polar surface area (TPSA) is 143 Å². The zero-order chi connectivity index (χ0) is 26.5. The first-order chi connectivity index (χ1) is 17.9. The maximum atomic E-state index is 13.1. The quantitative estimate of drug-likeness (QED) is 0.464. The number of anilines is 3. The van der Waals surface area contributed by atoms with Crippen molar-refractivity contribution in [2.45, 2.75) is 5.92 Å². The fraction of sp³-hybridized carbons (Fsp3) is 0.115. The van der Waals surface area contributed by atoms with Crippen LogP contribution in [0.4, 0.5) is 17.2 Å². The van der Waals surface area contributed by atoms with Gasteiger partial charge in [0.2, 0.25) is 0 Å². The van der Waals surface area contributed by atoms with Crippen molar-refractivity contribution in [3.63, 3.8) is 0 Å². The monoisotopic (exact) mass is 516 g/mol. The number of nitrogens with zero attached hydrogens (tertiary/aromatic N) is 4. The van der Waals surface area contributed by atoms with Crippen molar-refractivity contribution < 1.29 is 19.1 Å². The fourth-order valence-electron chi connectivity index (χ4n) is 4.01. The van der Waals surface area contributed by atoms with E-state index in [1.54, 1.807) is 66.7 Å². The molecule has 0 aliphatic carbocycles. The summed E-state index contributed by atoms with van der Waals surface area (Å²) in [5.41, 5.74) is 8.02. The number of methoxy groups -OCH3 is 2. The van der Waals surface area contributed by atoms with Crippen LogP contribution in [0.1, 0.15) is 11.5 Å². The molecule has 0 bridgehead atoms. The highest BCUT2D eigenvalue weighted by Crippen LogP contribution is 2.43. The second-order valence-electron chi connectivity index (χ2n) is 7.75. The molecule has 0 spiro atoms. The first kappa shape index (κ1) is 25.2. The molecule has 3 N–H and O–H groups in total. The minimum absolute atomic E-state index is 0.0197. The highest BCUT2D eigenvalue weighted by atomic mass is 35.5. The van der Waals surface area contributed by atoms with E-state index >= 15 is 0 Å². The molecule has 2 heterocycles. The predicted molar refractivity (Wildman–Crippen MR) is 136 cm³/mol. The van der Waals surface area contributed by atoms with E-state index < -0.39 is 17.9 Å². The number of hydrogen-bond acceptors (Lipinski definition) is 10. The Morgan fingerprint density at radius 1 is 1.00 bits per heavy atom. The number of hydrogen-bond donors (Lipinski definition) is 2. The summed E-state index contributed by atoms with van der Waals surface area (Å²) in [4.78, 5) is 27.5. The number of esters is 2. The van der Waals surface area contributed by atoms with Crippen molar-refractivity contribution in [3.05, 3.63) is 100 Å². The van der Waals surface area contributed by atoms with Crippen LogP contribution in [-0.4, -0.2) is 36.4 Å². The van der Waals surface area contributed by atoms with Crippen molar-refractivity contribution >= 4 is 40.7 Å². The van der Waals surface area contributed by atoms with E-state index in [2.05, 4.69) is 21.6 Å². The average molecular weight is 517 g/mol. The lowest BCUT2D eigenvalue weighted by atomic mass is 9.81. The minimum Gasteiger partial charge on any atom is -0.466 e. The summed E-state index contributed by atoms with van der Waals surface area (Å²) in [6.45, 7) is 0. The number of carbonyl (C=O) groups excluding carboxylic acids is 2. The maximum absolute atomic E-state index is 13.1. The van der Waals surface area contributed by atoms with Crippen LogP contribution in [0.2, 0.25) is 5.15 Å². The van der Waals surface area contributed by atoms with E-state index in [0.717, 1.165) is 0 Å². The Hall–Kier alpha value is -4.88. The molecule has 11 heteroatoms. The number of nitrogens with one attached hydrogen (secondary N) is 1. The van der Waals surface area contributed by atoms with Crippen molar-refractivity contribution in [1.29, 1.82) is 5.26 Å². The van der Waals surface area contributed by atoms with E-state index in [9.17, 15) is 14.9 Å². The standard InChI is InChI=1S/C26H21ClN6O4/c1-36-25(34)22-21(15-6-4-3-5-7-15)18(14-28)24(29)33(23(22)26(35)37-2)17-10-8-16(9-11-17)30-20-13-12-19(27)31-32-20/h3-13,21H,29H2,1-2H3,(H,30,32). The van der Waals surface area contributed by atoms with Gasteiger partial charge in [-0.05, 0) is 42.0 Å². The molecular weight excluding hydrogens is 496 g/mol. The number of aromatic nitrogens is 2. The second kappa shape index (κ2) is 10.8. The molecule has 0 amide bonds. The number of benzene rings is 2. The Bertz CT molecular complexity index is 1430. The molecule has 10 nitrogen and oxygen atoms in total. The third-order valence-corrected chi connectivity index (χ3v) is 5.84. The van der Waals surface area contributed by atoms with Crippen LogP contribution >= 0.6 is 11.6 Å². The zero-order valence-corrected chi connectivity index (χ0v) is 20.6. The highest BCUT2D eigenvalue weighted by Gasteiger charge is 2.42. The lowest BCUT2D eigenvalue weighted by Gasteiger charge is -2.35. The summed E-state index contributed by atoms with van der Waals surface area (Å²) >= 11 is 5.78. The lowest BCUT2D eigenvalue weighted by Crippen LogP contribution is -2.40. The predicted octanol–water partition coefficient (Wildman–Crippen LogP) is 3.77. The van der Waals surface area contributed by atoms with E-state index in [1.807, 2.05) is 0 Å². The molecule has 1 aliphatic heterocycles. The van der Waals surface area contributed by atoms with Gasteiger partial charge in [-0.1, -0.05) is 41.9 Å². The second-order valence-corrected chi connectivity index (χ2v) is 8.14. The van der Waals surface area contributed by atoms with Gasteiger partial charge < -0.3 is 20.5 Å². The lowest BCUT2D eigenvalue weighted by molar-refractivity contribution is -0.139. The van der Waals surface area contributed by atoms with E-state index in [1.165, 1.54) is 19.1 Å². The maximum Gasteiger partial charge on any atom is 0.355 e. The van der Waals surface area contributed by atoms with Crippen LogP contribution in [0.5, 0.6) is 0 Å². The number of halogens is 1. The highest BCUT2D eigenvalue weighted by molar-refractivity contribution is 6.29. The van der Waals surface area contributed by atoms with Gasteiger partial charge in [0.05, 0.1) is 37.4 Å². The largest absolute Gasteiger partial charge is 0.466 e. The molecule has 2 aromatic carbocycles. The van der Waals surface area contributed by atoms with Crippen molar-refractivity contribution in [3.8, 4) is 6.07 Å². The molecule has 0 radical (unpaired) electrons. The Morgan fingerprint density at radius 3 is 2.24 bits per heavy atom. The average Bonchev–Trinajstić information content (AvgIpc) is 2.93. The molecule has 0 fully saturated rings. The molecule has 37 heavy (non-hydrogen) atoms. The summed E-state index contributed by atoms with van der Waals surface area (Å²) in [6.07, 6.45) is 0. The number of rotatable bonds is 6.